The van der Waals surface area contributed by atoms with E-state index in [0.717, 1.165) is 0 Å². The van der Waals surface area contributed by atoms with Gasteiger partial charge in [0.1, 0.15) is 5.82 Å². The van der Waals surface area contributed by atoms with Crippen LogP contribution in [-0.2, 0) is 6.42 Å². The molecule has 0 aliphatic heterocycles. The van der Waals surface area contributed by atoms with E-state index in [1.165, 1.54) is 18.2 Å². The van der Waals surface area contributed by atoms with Gasteiger partial charge in [0.05, 0.1) is 6.10 Å². The average Bonchev–Trinajstić information content (AvgIpc) is 2.37. The Hall–Kier alpha value is -0.800. The van der Waals surface area contributed by atoms with Crippen molar-refractivity contribution in [2.45, 2.75) is 12.5 Å². The zero-order valence-corrected chi connectivity index (χ0v) is 12.0. The maximum Gasteiger partial charge on any atom is 0.123 e. The molecule has 0 spiro atoms. The maximum absolute atomic E-state index is 13.2. The Labute approximate surface area is 125 Å². The Kier molecular flexibility index (Phi) is 4.69. The van der Waals surface area contributed by atoms with Crippen LogP contribution in [0.15, 0.2) is 36.4 Å². The van der Waals surface area contributed by atoms with E-state index >= 15 is 0 Å². The number of hydrogen-bond acceptors (Lipinski definition) is 1. The first-order valence-corrected chi connectivity index (χ1v) is 6.68. The third-order valence-electron chi connectivity index (χ3n) is 2.78. The summed E-state index contributed by atoms with van der Waals surface area (Å²) in [5.74, 6) is -0.455. The van der Waals surface area contributed by atoms with Crippen LogP contribution in [0, 0.1) is 5.82 Å². The zero-order valence-electron chi connectivity index (χ0n) is 9.71. The van der Waals surface area contributed by atoms with Gasteiger partial charge in [-0.25, -0.2) is 4.39 Å². The lowest BCUT2D eigenvalue weighted by Crippen LogP contribution is -2.04. The second-order valence-corrected chi connectivity index (χ2v) is 5.31. The van der Waals surface area contributed by atoms with Crippen LogP contribution in [0.3, 0.4) is 0 Å². The van der Waals surface area contributed by atoms with Gasteiger partial charge in [0.15, 0.2) is 0 Å². The highest BCUT2D eigenvalue weighted by molar-refractivity contribution is 6.36. The highest BCUT2D eigenvalue weighted by Gasteiger charge is 2.16. The quantitative estimate of drug-likeness (QED) is 0.838. The Morgan fingerprint density at radius 3 is 2.26 bits per heavy atom. The molecule has 100 valence electrons. The van der Waals surface area contributed by atoms with E-state index < -0.39 is 11.9 Å². The second-order valence-electron chi connectivity index (χ2n) is 4.09. The Morgan fingerprint density at radius 1 is 1.00 bits per heavy atom. The summed E-state index contributed by atoms with van der Waals surface area (Å²) in [6, 6.07) is 8.93. The highest BCUT2D eigenvalue weighted by Crippen LogP contribution is 2.32. The third kappa shape index (κ3) is 3.40. The van der Waals surface area contributed by atoms with Crippen LogP contribution in [0.4, 0.5) is 4.39 Å². The first-order valence-electron chi connectivity index (χ1n) is 5.55. The number of hydrogen-bond donors (Lipinski definition) is 1. The van der Waals surface area contributed by atoms with Gasteiger partial charge in [-0.1, -0.05) is 40.9 Å². The summed E-state index contributed by atoms with van der Waals surface area (Å²) in [5, 5.41) is 11.4. The molecule has 0 saturated heterocycles. The molecule has 0 amide bonds. The molecule has 0 radical (unpaired) electrons. The molecule has 0 aliphatic carbocycles. The van der Waals surface area contributed by atoms with Gasteiger partial charge in [0.2, 0.25) is 0 Å². The summed E-state index contributed by atoms with van der Waals surface area (Å²) in [5.41, 5.74) is 0.927. The van der Waals surface area contributed by atoms with Gasteiger partial charge in [-0.2, -0.15) is 0 Å². The summed E-state index contributed by atoms with van der Waals surface area (Å²) in [4.78, 5) is 0. The molecule has 2 aromatic carbocycles. The minimum Gasteiger partial charge on any atom is -0.388 e. The summed E-state index contributed by atoms with van der Waals surface area (Å²) in [6.07, 6.45) is -0.803. The van der Waals surface area contributed by atoms with E-state index in [9.17, 15) is 9.50 Å². The molecular weight excluding hydrogens is 310 g/mol. The molecule has 19 heavy (non-hydrogen) atoms. The number of aliphatic hydroxyl groups is 1. The molecule has 5 heteroatoms. The number of aliphatic hydroxyl groups excluding tert-OH is 1. The summed E-state index contributed by atoms with van der Waals surface area (Å²) < 4.78 is 13.2. The van der Waals surface area contributed by atoms with Crippen molar-refractivity contribution < 1.29 is 9.50 Å². The first-order chi connectivity index (χ1) is 8.99. The molecule has 1 N–H and O–H groups in total. The Morgan fingerprint density at radius 2 is 1.63 bits per heavy atom. The van der Waals surface area contributed by atoms with Gasteiger partial charge in [0, 0.05) is 27.1 Å². The van der Waals surface area contributed by atoms with Crippen molar-refractivity contribution in [2.75, 3.05) is 0 Å². The largest absolute Gasteiger partial charge is 0.388 e. The van der Waals surface area contributed by atoms with Crippen molar-refractivity contribution in [3.63, 3.8) is 0 Å². The fraction of sp³-hybridized carbons (Fsp3) is 0.143. The van der Waals surface area contributed by atoms with Crippen LogP contribution in [0.2, 0.25) is 15.1 Å². The molecule has 2 aromatic rings. The summed E-state index contributed by atoms with van der Waals surface area (Å²) in [6.45, 7) is 0. The van der Waals surface area contributed by atoms with E-state index in [0.29, 0.717) is 26.2 Å². The van der Waals surface area contributed by atoms with Crippen molar-refractivity contribution in [1.82, 2.24) is 0 Å². The minimum absolute atomic E-state index is 0.168. The van der Waals surface area contributed by atoms with Gasteiger partial charge < -0.3 is 5.11 Å². The van der Waals surface area contributed by atoms with Crippen molar-refractivity contribution in [3.8, 4) is 0 Å². The van der Waals surface area contributed by atoms with Gasteiger partial charge in [-0.15, -0.1) is 0 Å². The molecule has 1 unspecified atom stereocenters. The SMILES string of the molecule is OC(Cc1c(Cl)cccc1Cl)c1cc(F)ccc1Cl. The summed E-state index contributed by atoms with van der Waals surface area (Å²) >= 11 is 18.0. The van der Waals surface area contributed by atoms with Gasteiger partial charge in [-0.3, -0.25) is 0 Å². The van der Waals surface area contributed by atoms with Crippen LogP contribution in [0.25, 0.3) is 0 Å². The van der Waals surface area contributed by atoms with Crippen LogP contribution >= 0.6 is 34.8 Å². The van der Waals surface area contributed by atoms with Gasteiger partial charge in [0.25, 0.3) is 0 Å². The smallest absolute Gasteiger partial charge is 0.123 e. The summed E-state index contributed by atoms with van der Waals surface area (Å²) in [7, 11) is 0. The lowest BCUT2D eigenvalue weighted by Gasteiger charge is -2.15. The number of halogens is 4. The van der Waals surface area contributed by atoms with Crippen molar-refractivity contribution in [2.24, 2.45) is 0 Å². The third-order valence-corrected chi connectivity index (χ3v) is 3.83. The van der Waals surface area contributed by atoms with Gasteiger partial charge in [-0.05, 0) is 35.9 Å². The monoisotopic (exact) mass is 318 g/mol. The lowest BCUT2D eigenvalue weighted by molar-refractivity contribution is 0.178. The molecule has 1 atom stereocenters. The Bertz CT molecular complexity index is 581. The molecule has 0 fully saturated rings. The van der Waals surface area contributed by atoms with Gasteiger partial charge >= 0.3 is 0 Å². The molecular formula is C14H10Cl3FO. The van der Waals surface area contributed by atoms with E-state index in [1.54, 1.807) is 18.2 Å². The van der Waals surface area contributed by atoms with Crippen LogP contribution in [0.1, 0.15) is 17.2 Å². The molecule has 0 aliphatic rings. The Balaban J connectivity index is 2.31. The van der Waals surface area contributed by atoms with Crippen LogP contribution in [0.5, 0.6) is 0 Å². The first kappa shape index (κ1) is 14.6. The average molecular weight is 320 g/mol. The highest BCUT2D eigenvalue weighted by atomic mass is 35.5. The lowest BCUT2D eigenvalue weighted by atomic mass is 10.0. The minimum atomic E-state index is -0.972. The predicted octanol–water partition coefficient (Wildman–Crippen LogP) is 5.06. The van der Waals surface area contributed by atoms with E-state index in [4.69, 9.17) is 34.8 Å². The molecule has 0 saturated carbocycles. The zero-order chi connectivity index (χ0) is 14.0. The second kappa shape index (κ2) is 6.10. The van der Waals surface area contributed by atoms with Crippen LogP contribution < -0.4 is 0 Å². The predicted molar refractivity (Wildman–Crippen MR) is 76.5 cm³/mol. The fourth-order valence-electron chi connectivity index (χ4n) is 1.80. The molecule has 2 rings (SSSR count). The number of rotatable bonds is 3. The fourth-order valence-corrected chi connectivity index (χ4v) is 2.60. The van der Waals surface area contributed by atoms with Crippen molar-refractivity contribution >= 4 is 34.8 Å². The topological polar surface area (TPSA) is 20.2 Å². The molecule has 0 bridgehead atoms. The number of benzene rings is 2. The van der Waals surface area contributed by atoms with Crippen LogP contribution in [-0.4, -0.2) is 5.11 Å². The standard InChI is InChI=1S/C14H10Cl3FO/c15-11-2-1-3-12(16)9(11)7-14(19)10-6-8(18)4-5-13(10)17/h1-6,14,19H,7H2. The van der Waals surface area contributed by atoms with E-state index in [2.05, 4.69) is 0 Å². The van der Waals surface area contributed by atoms with E-state index in [1.807, 2.05) is 0 Å². The molecule has 0 heterocycles. The van der Waals surface area contributed by atoms with Crippen molar-refractivity contribution in [1.29, 1.82) is 0 Å². The maximum atomic E-state index is 13.2. The van der Waals surface area contributed by atoms with Crippen molar-refractivity contribution in [3.05, 3.63) is 68.4 Å². The molecule has 1 nitrogen and oxygen atoms in total. The normalized spacial score (nSPS) is 12.5. The van der Waals surface area contributed by atoms with E-state index in [-0.39, 0.29) is 6.42 Å². The molecule has 0 aromatic heterocycles.